The predicted octanol–water partition coefficient (Wildman–Crippen LogP) is 2.92. The number of urea groups is 1. The molecule has 0 saturated carbocycles. The average Bonchev–Trinajstić information content (AvgIpc) is 2.74. The minimum atomic E-state index is -0.250. The van der Waals surface area contributed by atoms with Gasteiger partial charge in [0.15, 0.2) is 11.5 Å². The van der Waals surface area contributed by atoms with E-state index in [1.165, 1.54) is 12.1 Å². The first-order valence-electron chi connectivity index (χ1n) is 9.35. The van der Waals surface area contributed by atoms with Crippen LogP contribution in [0.2, 0.25) is 0 Å². The molecule has 0 radical (unpaired) electrons. The van der Waals surface area contributed by atoms with Crippen LogP contribution in [-0.4, -0.2) is 57.9 Å². The largest absolute Gasteiger partial charge is 0.493 e. The molecule has 1 aliphatic rings. The number of nitrogens with zero attached hydrogens (tertiary/aromatic N) is 2. The topological polar surface area (TPSA) is 54.0 Å². The number of piperazine rings is 1. The first-order valence-corrected chi connectivity index (χ1v) is 9.35. The highest BCUT2D eigenvalue weighted by atomic mass is 19.1. The van der Waals surface area contributed by atoms with E-state index in [4.69, 9.17) is 9.47 Å². The molecular weight excluding hydrogens is 361 g/mol. The molecule has 1 heterocycles. The fourth-order valence-corrected chi connectivity index (χ4v) is 3.27. The van der Waals surface area contributed by atoms with E-state index in [9.17, 15) is 9.18 Å². The Morgan fingerprint density at radius 3 is 2.32 bits per heavy atom. The minimum Gasteiger partial charge on any atom is -0.493 e. The van der Waals surface area contributed by atoms with Gasteiger partial charge in [-0.05, 0) is 36.2 Å². The molecule has 3 rings (SSSR count). The Kier molecular flexibility index (Phi) is 6.57. The van der Waals surface area contributed by atoms with Crippen LogP contribution in [0.5, 0.6) is 11.5 Å². The summed E-state index contributed by atoms with van der Waals surface area (Å²) in [6, 6.07) is 12.1. The van der Waals surface area contributed by atoms with Crippen molar-refractivity contribution in [3.8, 4) is 11.5 Å². The fraction of sp³-hybridized carbons (Fsp3) is 0.381. The van der Waals surface area contributed by atoms with Crippen molar-refractivity contribution in [2.75, 3.05) is 51.8 Å². The molecule has 28 heavy (non-hydrogen) atoms. The first kappa shape index (κ1) is 19.8. The van der Waals surface area contributed by atoms with Gasteiger partial charge in [-0.25, -0.2) is 9.18 Å². The minimum absolute atomic E-state index is 0.0610. The van der Waals surface area contributed by atoms with Gasteiger partial charge in [-0.15, -0.1) is 0 Å². The lowest BCUT2D eigenvalue weighted by Crippen LogP contribution is -2.52. The van der Waals surface area contributed by atoms with Crippen LogP contribution in [0.1, 0.15) is 5.56 Å². The molecule has 1 aliphatic heterocycles. The summed E-state index contributed by atoms with van der Waals surface area (Å²) in [5, 5.41) is 2.94. The van der Waals surface area contributed by atoms with Gasteiger partial charge in [0.05, 0.1) is 14.2 Å². The quantitative estimate of drug-likeness (QED) is 0.828. The van der Waals surface area contributed by atoms with Crippen molar-refractivity contribution in [3.05, 3.63) is 53.8 Å². The van der Waals surface area contributed by atoms with Gasteiger partial charge in [0.1, 0.15) is 5.82 Å². The number of hydrogen-bond acceptors (Lipinski definition) is 4. The van der Waals surface area contributed by atoms with E-state index in [0.29, 0.717) is 37.6 Å². The third-order valence-corrected chi connectivity index (χ3v) is 4.90. The summed E-state index contributed by atoms with van der Waals surface area (Å²) in [7, 11) is 3.24. The normalized spacial score (nSPS) is 14.0. The number of nitrogens with one attached hydrogen (secondary N) is 1. The molecule has 0 bridgehead atoms. The molecule has 0 spiro atoms. The molecule has 0 aromatic heterocycles. The fourth-order valence-electron chi connectivity index (χ4n) is 3.27. The number of ether oxygens (including phenoxy) is 2. The third kappa shape index (κ3) is 4.85. The maximum Gasteiger partial charge on any atom is 0.317 e. The molecule has 7 heteroatoms. The first-order chi connectivity index (χ1) is 13.6. The molecule has 2 aromatic carbocycles. The van der Waals surface area contributed by atoms with Crippen LogP contribution in [0.15, 0.2) is 42.5 Å². The van der Waals surface area contributed by atoms with Gasteiger partial charge in [0, 0.05) is 44.5 Å². The maximum absolute atomic E-state index is 12.9. The zero-order valence-electron chi connectivity index (χ0n) is 16.3. The van der Waals surface area contributed by atoms with E-state index < -0.39 is 0 Å². The lowest BCUT2D eigenvalue weighted by molar-refractivity contribution is 0.194. The molecule has 0 unspecified atom stereocenters. The number of anilines is 1. The van der Waals surface area contributed by atoms with Gasteiger partial charge >= 0.3 is 6.03 Å². The number of methoxy groups -OCH3 is 2. The van der Waals surface area contributed by atoms with Gasteiger partial charge in [-0.3, -0.25) is 0 Å². The molecule has 6 nitrogen and oxygen atoms in total. The van der Waals surface area contributed by atoms with Crippen molar-refractivity contribution in [1.29, 1.82) is 0 Å². The standard InChI is InChI=1S/C21H26FN3O3/c1-27-19-8-7-18(15-20(19)28-2)24-11-13-25(14-12-24)21(26)23-10-9-16-3-5-17(22)6-4-16/h3-8,15H,9-14H2,1-2H3,(H,23,26). The summed E-state index contributed by atoms with van der Waals surface area (Å²) in [4.78, 5) is 16.4. The Morgan fingerprint density at radius 2 is 1.68 bits per heavy atom. The summed E-state index contributed by atoms with van der Waals surface area (Å²) < 4.78 is 23.6. The molecule has 2 aromatic rings. The summed E-state index contributed by atoms with van der Waals surface area (Å²) >= 11 is 0. The van der Waals surface area contributed by atoms with E-state index in [0.717, 1.165) is 24.3 Å². The highest BCUT2D eigenvalue weighted by Gasteiger charge is 2.21. The molecular formula is C21H26FN3O3. The Bertz CT molecular complexity index is 790. The number of carbonyl (C=O) groups is 1. The van der Waals surface area contributed by atoms with Crippen molar-refractivity contribution in [1.82, 2.24) is 10.2 Å². The van der Waals surface area contributed by atoms with Crippen molar-refractivity contribution in [2.24, 2.45) is 0 Å². The van der Waals surface area contributed by atoms with Crippen LogP contribution in [0, 0.1) is 5.82 Å². The summed E-state index contributed by atoms with van der Waals surface area (Å²) in [5.41, 5.74) is 2.05. The van der Waals surface area contributed by atoms with E-state index in [1.54, 1.807) is 26.4 Å². The van der Waals surface area contributed by atoms with Gasteiger partial charge in [0.25, 0.3) is 0 Å². The monoisotopic (exact) mass is 387 g/mol. The second-order valence-electron chi connectivity index (χ2n) is 6.62. The SMILES string of the molecule is COc1ccc(N2CCN(C(=O)NCCc3ccc(F)cc3)CC2)cc1OC. The second-order valence-corrected chi connectivity index (χ2v) is 6.62. The van der Waals surface area contributed by atoms with Gasteiger partial charge in [0.2, 0.25) is 0 Å². The molecule has 1 fully saturated rings. The maximum atomic E-state index is 12.9. The van der Waals surface area contributed by atoms with Crippen molar-refractivity contribution in [3.63, 3.8) is 0 Å². The lowest BCUT2D eigenvalue weighted by atomic mass is 10.1. The predicted molar refractivity (Wildman–Crippen MR) is 107 cm³/mol. The average molecular weight is 387 g/mol. The molecule has 1 N–H and O–H groups in total. The molecule has 150 valence electrons. The number of amides is 2. The smallest absolute Gasteiger partial charge is 0.317 e. The summed E-state index contributed by atoms with van der Waals surface area (Å²) in [6.45, 7) is 3.33. The summed E-state index contributed by atoms with van der Waals surface area (Å²) in [6.07, 6.45) is 0.678. The summed E-state index contributed by atoms with van der Waals surface area (Å²) in [5.74, 6) is 1.14. The Hall–Kier alpha value is -2.96. The van der Waals surface area contributed by atoms with Crippen LogP contribution in [0.25, 0.3) is 0 Å². The van der Waals surface area contributed by atoms with Crippen molar-refractivity contribution >= 4 is 11.7 Å². The molecule has 0 atom stereocenters. The third-order valence-electron chi connectivity index (χ3n) is 4.90. The van der Waals surface area contributed by atoms with Crippen molar-refractivity contribution < 1.29 is 18.7 Å². The zero-order valence-corrected chi connectivity index (χ0v) is 16.3. The number of carbonyl (C=O) groups excluding carboxylic acids is 1. The van der Waals surface area contributed by atoms with Crippen LogP contribution < -0.4 is 19.7 Å². The number of benzene rings is 2. The van der Waals surface area contributed by atoms with E-state index in [-0.39, 0.29) is 11.8 Å². The lowest BCUT2D eigenvalue weighted by Gasteiger charge is -2.36. The van der Waals surface area contributed by atoms with Gasteiger partial charge < -0.3 is 24.6 Å². The molecule has 2 amide bonds. The van der Waals surface area contributed by atoms with E-state index in [1.807, 2.05) is 23.1 Å². The van der Waals surface area contributed by atoms with Crippen LogP contribution in [0.4, 0.5) is 14.9 Å². The highest BCUT2D eigenvalue weighted by Crippen LogP contribution is 2.31. The van der Waals surface area contributed by atoms with Crippen LogP contribution >= 0.6 is 0 Å². The van der Waals surface area contributed by atoms with Gasteiger partial charge in [-0.1, -0.05) is 12.1 Å². The highest BCUT2D eigenvalue weighted by molar-refractivity contribution is 5.74. The molecule has 0 aliphatic carbocycles. The van der Waals surface area contributed by atoms with Gasteiger partial charge in [-0.2, -0.15) is 0 Å². The van der Waals surface area contributed by atoms with Crippen LogP contribution in [0.3, 0.4) is 0 Å². The number of halogens is 1. The number of rotatable bonds is 6. The van der Waals surface area contributed by atoms with Crippen LogP contribution in [-0.2, 0) is 6.42 Å². The second kappa shape index (κ2) is 9.30. The zero-order chi connectivity index (χ0) is 19.9. The van der Waals surface area contributed by atoms with E-state index >= 15 is 0 Å². The Balaban J connectivity index is 1.46. The van der Waals surface area contributed by atoms with Crippen molar-refractivity contribution in [2.45, 2.75) is 6.42 Å². The number of hydrogen-bond donors (Lipinski definition) is 1. The Labute approximate surface area is 164 Å². The van der Waals surface area contributed by atoms with E-state index in [2.05, 4.69) is 10.2 Å². The molecule has 1 saturated heterocycles. The Morgan fingerprint density at radius 1 is 1.00 bits per heavy atom.